The van der Waals surface area contributed by atoms with Crippen molar-refractivity contribution in [1.29, 1.82) is 0 Å². The Labute approximate surface area is 196 Å². The van der Waals surface area contributed by atoms with Crippen LogP contribution in [0.1, 0.15) is 43.4 Å². The predicted octanol–water partition coefficient (Wildman–Crippen LogP) is 3.81. The molecule has 1 atom stereocenters. The molecule has 0 saturated carbocycles. The van der Waals surface area contributed by atoms with Gasteiger partial charge in [-0.15, -0.1) is 0 Å². The fourth-order valence-corrected chi connectivity index (χ4v) is 5.28. The number of likely N-dealkylation sites (tertiary alicyclic amines) is 1. The van der Waals surface area contributed by atoms with Gasteiger partial charge in [-0.3, -0.25) is 4.98 Å². The molecule has 0 bridgehead atoms. The van der Waals surface area contributed by atoms with Crippen LogP contribution < -0.4 is 14.8 Å². The van der Waals surface area contributed by atoms with Crippen molar-refractivity contribution in [3.05, 3.63) is 23.4 Å². The van der Waals surface area contributed by atoms with Crippen molar-refractivity contribution in [2.75, 3.05) is 65.0 Å². The van der Waals surface area contributed by atoms with E-state index < -0.39 is 0 Å². The standard InChI is InChI=1S/C26H37N3O4/c1-30-24-16-21-23(17-25(24)33-13-5-12-29-10-2-3-11-29)28-22-7-4-6-20(22)26(21)27-9-8-19-18-31-14-15-32-19/h16-17,19H,2-15,18H2,1H3,(H,27,28)/t19-/m0/s1. The summed E-state index contributed by atoms with van der Waals surface area (Å²) in [5.41, 5.74) is 4.74. The number of fused-ring (bicyclic) bond motifs is 2. The zero-order chi connectivity index (χ0) is 22.5. The van der Waals surface area contributed by atoms with Crippen LogP contribution in [0.5, 0.6) is 11.5 Å². The second-order valence-electron chi connectivity index (χ2n) is 9.32. The molecule has 33 heavy (non-hydrogen) atoms. The van der Waals surface area contributed by atoms with E-state index in [2.05, 4.69) is 22.3 Å². The molecule has 1 aromatic carbocycles. The average Bonchev–Trinajstić information content (AvgIpc) is 3.54. The third-order valence-electron chi connectivity index (χ3n) is 7.03. The van der Waals surface area contributed by atoms with Gasteiger partial charge in [-0.1, -0.05) is 0 Å². The van der Waals surface area contributed by atoms with Crippen LogP contribution in [0.4, 0.5) is 5.69 Å². The molecule has 0 radical (unpaired) electrons. The summed E-state index contributed by atoms with van der Waals surface area (Å²) < 4.78 is 23.3. The summed E-state index contributed by atoms with van der Waals surface area (Å²) in [7, 11) is 1.71. The van der Waals surface area contributed by atoms with E-state index in [0.29, 0.717) is 26.4 Å². The van der Waals surface area contributed by atoms with E-state index in [-0.39, 0.29) is 6.10 Å². The van der Waals surface area contributed by atoms with Crippen molar-refractivity contribution in [2.24, 2.45) is 0 Å². The quantitative estimate of drug-likeness (QED) is 0.547. The van der Waals surface area contributed by atoms with Gasteiger partial charge < -0.3 is 29.2 Å². The lowest BCUT2D eigenvalue weighted by Crippen LogP contribution is -2.30. The van der Waals surface area contributed by atoms with Crippen LogP contribution in [0.15, 0.2) is 12.1 Å². The van der Waals surface area contributed by atoms with Gasteiger partial charge in [-0.2, -0.15) is 0 Å². The molecule has 1 aromatic heterocycles. The van der Waals surface area contributed by atoms with Gasteiger partial charge >= 0.3 is 0 Å². The van der Waals surface area contributed by atoms with Gasteiger partial charge in [0.2, 0.25) is 0 Å². The van der Waals surface area contributed by atoms with E-state index in [9.17, 15) is 0 Å². The first kappa shape index (κ1) is 22.7. The lowest BCUT2D eigenvalue weighted by molar-refractivity contribution is -0.0892. The molecule has 3 heterocycles. The summed E-state index contributed by atoms with van der Waals surface area (Å²) in [6, 6.07) is 4.16. The number of ether oxygens (including phenoxy) is 4. The van der Waals surface area contributed by atoms with Gasteiger partial charge in [-0.25, -0.2) is 0 Å². The van der Waals surface area contributed by atoms with E-state index in [4.69, 9.17) is 23.9 Å². The maximum absolute atomic E-state index is 6.17. The number of rotatable bonds is 10. The Morgan fingerprint density at radius 2 is 2.03 bits per heavy atom. The van der Waals surface area contributed by atoms with Crippen LogP contribution in [0, 0.1) is 0 Å². The number of benzene rings is 1. The first-order valence-electron chi connectivity index (χ1n) is 12.6. The van der Waals surface area contributed by atoms with Crippen LogP contribution in [-0.2, 0) is 22.3 Å². The topological polar surface area (TPSA) is 65.1 Å². The second-order valence-corrected chi connectivity index (χ2v) is 9.32. The Bertz CT molecular complexity index is 939. The van der Waals surface area contributed by atoms with Crippen molar-refractivity contribution in [1.82, 2.24) is 9.88 Å². The number of aryl methyl sites for hydroxylation is 1. The molecule has 5 rings (SSSR count). The van der Waals surface area contributed by atoms with Gasteiger partial charge in [0.05, 0.1) is 45.2 Å². The molecule has 7 nitrogen and oxygen atoms in total. The Hall–Kier alpha value is -2.09. The number of anilines is 1. The van der Waals surface area contributed by atoms with E-state index >= 15 is 0 Å². The molecule has 3 aliphatic rings. The molecule has 2 saturated heterocycles. The minimum Gasteiger partial charge on any atom is -0.493 e. The van der Waals surface area contributed by atoms with E-state index in [1.165, 1.54) is 42.9 Å². The number of aromatic nitrogens is 1. The summed E-state index contributed by atoms with van der Waals surface area (Å²) in [4.78, 5) is 7.54. The first-order valence-corrected chi connectivity index (χ1v) is 12.6. The first-order chi connectivity index (χ1) is 16.3. The van der Waals surface area contributed by atoms with Crippen molar-refractivity contribution in [2.45, 2.75) is 51.0 Å². The van der Waals surface area contributed by atoms with Crippen LogP contribution in [0.3, 0.4) is 0 Å². The van der Waals surface area contributed by atoms with E-state index in [1.54, 1.807) is 7.11 Å². The molecule has 0 amide bonds. The predicted molar refractivity (Wildman–Crippen MR) is 130 cm³/mol. The monoisotopic (exact) mass is 455 g/mol. The van der Waals surface area contributed by atoms with Crippen molar-refractivity contribution in [3.8, 4) is 11.5 Å². The van der Waals surface area contributed by atoms with Gasteiger partial charge in [0.25, 0.3) is 0 Å². The highest BCUT2D eigenvalue weighted by Crippen LogP contribution is 2.39. The SMILES string of the molecule is COc1cc2c(NCC[C@H]3COCCO3)c3c(nc2cc1OCCCN1CCCC1)CCC3. The highest BCUT2D eigenvalue weighted by atomic mass is 16.6. The van der Waals surface area contributed by atoms with Crippen molar-refractivity contribution >= 4 is 16.6 Å². The average molecular weight is 456 g/mol. The molecular weight excluding hydrogens is 418 g/mol. The Balaban J connectivity index is 1.31. The number of nitrogens with one attached hydrogen (secondary N) is 1. The molecule has 1 N–H and O–H groups in total. The summed E-state index contributed by atoms with van der Waals surface area (Å²) in [6.45, 7) is 7.17. The highest BCUT2D eigenvalue weighted by Gasteiger charge is 2.22. The lowest BCUT2D eigenvalue weighted by Gasteiger charge is -2.23. The summed E-state index contributed by atoms with van der Waals surface area (Å²) in [6.07, 6.45) is 8.04. The molecule has 2 aromatic rings. The second kappa shape index (κ2) is 10.9. The minimum atomic E-state index is 0.169. The van der Waals surface area contributed by atoms with Crippen LogP contribution in [-0.4, -0.2) is 75.7 Å². The number of hydrogen-bond donors (Lipinski definition) is 1. The zero-order valence-corrected chi connectivity index (χ0v) is 19.9. The van der Waals surface area contributed by atoms with Crippen LogP contribution >= 0.6 is 0 Å². The maximum Gasteiger partial charge on any atom is 0.163 e. The Kier molecular flexibility index (Phi) is 7.49. The number of nitrogens with zero attached hydrogens (tertiary/aromatic N) is 2. The number of hydrogen-bond acceptors (Lipinski definition) is 7. The molecule has 0 spiro atoms. The number of methoxy groups -OCH3 is 1. The Morgan fingerprint density at radius 3 is 2.85 bits per heavy atom. The largest absolute Gasteiger partial charge is 0.493 e. The van der Waals surface area contributed by atoms with E-state index in [0.717, 1.165) is 67.6 Å². The summed E-state index contributed by atoms with van der Waals surface area (Å²) in [5, 5.41) is 4.82. The maximum atomic E-state index is 6.17. The van der Waals surface area contributed by atoms with Crippen molar-refractivity contribution in [3.63, 3.8) is 0 Å². The van der Waals surface area contributed by atoms with Gasteiger partial charge in [0, 0.05) is 35.9 Å². The normalized spacial score (nSPS) is 20.8. The van der Waals surface area contributed by atoms with Gasteiger partial charge in [0.15, 0.2) is 11.5 Å². The molecule has 2 aliphatic heterocycles. The van der Waals surface area contributed by atoms with E-state index in [1.807, 2.05) is 0 Å². The summed E-state index contributed by atoms with van der Waals surface area (Å²) in [5.74, 6) is 1.56. The van der Waals surface area contributed by atoms with Crippen molar-refractivity contribution < 1.29 is 18.9 Å². The fourth-order valence-electron chi connectivity index (χ4n) is 5.28. The molecule has 180 valence electrons. The van der Waals surface area contributed by atoms with Gasteiger partial charge in [0.1, 0.15) is 0 Å². The molecule has 7 heteroatoms. The molecule has 1 aliphatic carbocycles. The fraction of sp³-hybridized carbons (Fsp3) is 0.654. The molecular formula is C26H37N3O4. The summed E-state index contributed by atoms with van der Waals surface area (Å²) >= 11 is 0. The lowest BCUT2D eigenvalue weighted by atomic mass is 10.1. The van der Waals surface area contributed by atoms with Crippen LogP contribution in [0.2, 0.25) is 0 Å². The third-order valence-corrected chi connectivity index (χ3v) is 7.03. The molecule has 0 unspecified atom stereocenters. The van der Waals surface area contributed by atoms with Gasteiger partial charge in [-0.05, 0) is 69.7 Å². The zero-order valence-electron chi connectivity index (χ0n) is 19.9. The smallest absolute Gasteiger partial charge is 0.163 e. The third kappa shape index (κ3) is 5.36. The minimum absolute atomic E-state index is 0.169. The Morgan fingerprint density at radius 1 is 1.12 bits per heavy atom. The highest BCUT2D eigenvalue weighted by molar-refractivity contribution is 5.96. The number of pyridine rings is 1. The molecule has 2 fully saturated rings. The van der Waals surface area contributed by atoms with Crippen LogP contribution in [0.25, 0.3) is 10.9 Å².